The Morgan fingerprint density at radius 3 is 2.48 bits per heavy atom. The van der Waals surface area contributed by atoms with Crippen LogP contribution in [-0.4, -0.2) is 37.8 Å². The van der Waals surface area contributed by atoms with Crippen molar-refractivity contribution in [3.05, 3.63) is 48.0 Å². The zero-order chi connectivity index (χ0) is 19.2. The fourth-order valence-corrected chi connectivity index (χ4v) is 2.51. The predicted octanol–water partition coefficient (Wildman–Crippen LogP) is 3.04. The van der Waals surface area contributed by atoms with Crippen LogP contribution in [0.3, 0.4) is 0 Å². The van der Waals surface area contributed by atoms with Crippen LogP contribution in [0.2, 0.25) is 0 Å². The van der Waals surface area contributed by atoms with Gasteiger partial charge in [0.05, 0.1) is 12.2 Å². The van der Waals surface area contributed by atoms with E-state index in [0.29, 0.717) is 48.3 Å². The van der Waals surface area contributed by atoms with Crippen molar-refractivity contribution in [1.29, 1.82) is 0 Å². The number of carbonyl (C=O) groups is 2. The lowest BCUT2D eigenvalue weighted by atomic mass is 10.2. The highest BCUT2D eigenvalue weighted by Gasteiger charge is 2.17. The number of hydrogen-bond donors (Lipinski definition) is 1. The van der Waals surface area contributed by atoms with Gasteiger partial charge >= 0.3 is 5.97 Å². The molecule has 0 fully saturated rings. The van der Waals surface area contributed by atoms with Gasteiger partial charge in [-0.2, -0.15) is 0 Å². The van der Waals surface area contributed by atoms with Gasteiger partial charge in [-0.05, 0) is 50.2 Å². The highest BCUT2D eigenvalue weighted by atomic mass is 16.6. The lowest BCUT2D eigenvalue weighted by molar-refractivity contribution is -0.122. The number of ether oxygens (including phenoxy) is 4. The average Bonchev–Trinajstić information content (AvgIpc) is 2.68. The van der Waals surface area contributed by atoms with Crippen LogP contribution in [0.25, 0.3) is 0 Å². The Labute approximate surface area is 157 Å². The Morgan fingerprint density at radius 2 is 1.78 bits per heavy atom. The fourth-order valence-electron chi connectivity index (χ4n) is 2.51. The highest BCUT2D eigenvalue weighted by Crippen LogP contribution is 2.32. The normalized spacial score (nSPS) is 13.4. The molecule has 0 aliphatic carbocycles. The molecule has 0 aromatic heterocycles. The van der Waals surface area contributed by atoms with Gasteiger partial charge in [0.15, 0.2) is 17.6 Å². The zero-order valence-electron chi connectivity index (χ0n) is 15.2. The Bertz CT molecular complexity index is 818. The molecule has 0 saturated heterocycles. The molecule has 1 aliphatic heterocycles. The summed E-state index contributed by atoms with van der Waals surface area (Å²) in [5.74, 6) is 1.04. The van der Waals surface area contributed by atoms with Crippen LogP contribution in [0.1, 0.15) is 24.2 Å². The molecule has 1 atom stereocenters. The van der Waals surface area contributed by atoms with Gasteiger partial charge in [0.2, 0.25) is 0 Å². The molecule has 7 heteroatoms. The van der Waals surface area contributed by atoms with Gasteiger partial charge in [-0.1, -0.05) is 0 Å². The van der Waals surface area contributed by atoms with Crippen LogP contribution >= 0.6 is 0 Å². The molecule has 2 aromatic carbocycles. The standard InChI is InChI=1S/C20H21NO6/c1-3-24-20(23)14-4-7-16(8-5-14)27-13(2)19(22)21-15-6-9-17-18(12-15)26-11-10-25-17/h4-9,12-13H,3,10-11H2,1-2H3,(H,21,22). The van der Waals surface area contributed by atoms with Crippen LogP contribution in [0.15, 0.2) is 42.5 Å². The van der Waals surface area contributed by atoms with Crippen molar-refractivity contribution < 1.29 is 28.5 Å². The van der Waals surface area contributed by atoms with Crippen molar-refractivity contribution in [2.24, 2.45) is 0 Å². The number of amides is 1. The van der Waals surface area contributed by atoms with Crippen LogP contribution in [0, 0.1) is 0 Å². The molecule has 0 radical (unpaired) electrons. The molecule has 1 N–H and O–H groups in total. The van der Waals surface area contributed by atoms with E-state index in [1.165, 1.54) is 0 Å². The topological polar surface area (TPSA) is 83.1 Å². The number of nitrogens with one attached hydrogen (secondary N) is 1. The molecule has 0 saturated carbocycles. The van der Waals surface area contributed by atoms with Crippen LogP contribution in [0.4, 0.5) is 5.69 Å². The number of rotatable bonds is 6. The summed E-state index contributed by atoms with van der Waals surface area (Å²) in [6.45, 7) is 4.70. The number of carbonyl (C=O) groups excluding carboxylic acids is 2. The molecule has 1 amide bonds. The number of anilines is 1. The maximum Gasteiger partial charge on any atom is 0.338 e. The van der Waals surface area contributed by atoms with Gasteiger partial charge in [-0.3, -0.25) is 4.79 Å². The third kappa shape index (κ3) is 4.69. The van der Waals surface area contributed by atoms with Gasteiger partial charge in [0.1, 0.15) is 19.0 Å². The first-order valence-corrected chi connectivity index (χ1v) is 8.71. The third-order valence-corrected chi connectivity index (χ3v) is 3.86. The minimum Gasteiger partial charge on any atom is -0.486 e. The van der Waals surface area contributed by atoms with Gasteiger partial charge < -0.3 is 24.3 Å². The zero-order valence-corrected chi connectivity index (χ0v) is 15.2. The maximum absolute atomic E-state index is 12.4. The maximum atomic E-state index is 12.4. The van der Waals surface area contributed by atoms with Gasteiger partial charge in [-0.15, -0.1) is 0 Å². The number of hydrogen-bond acceptors (Lipinski definition) is 6. The van der Waals surface area contributed by atoms with E-state index in [9.17, 15) is 9.59 Å². The predicted molar refractivity (Wildman–Crippen MR) is 98.6 cm³/mol. The van der Waals surface area contributed by atoms with E-state index in [1.807, 2.05) is 0 Å². The first-order valence-electron chi connectivity index (χ1n) is 8.71. The first-order chi connectivity index (χ1) is 13.1. The second-order valence-corrected chi connectivity index (χ2v) is 5.85. The van der Waals surface area contributed by atoms with Gasteiger partial charge in [-0.25, -0.2) is 4.79 Å². The van der Waals surface area contributed by atoms with Gasteiger partial charge in [0.25, 0.3) is 5.91 Å². The minimum absolute atomic E-state index is 0.304. The molecule has 1 heterocycles. The monoisotopic (exact) mass is 371 g/mol. The second kappa shape index (κ2) is 8.44. The van der Waals surface area contributed by atoms with Crippen LogP contribution in [-0.2, 0) is 9.53 Å². The molecule has 2 aromatic rings. The van der Waals surface area contributed by atoms with E-state index in [0.717, 1.165) is 0 Å². The Morgan fingerprint density at radius 1 is 1.07 bits per heavy atom. The lowest BCUT2D eigenvalue weighted by Gasteiger charge is -2.19. The number of fused-ring (bicyclic) bond motifs is 1. The van der Waals surface area contributed by atoms with Crippen LogP contribution < -0.4 is 19.5 Å². The van der Waals surface area contributed by atoms with Crippen molar-refractivity contribution in [2.45, 2.75) is 20.0 Å². The summed E-state index contributed by atoms with van der Waals surface area (Å²) in [5.41, 5.74) is 1.02. The van der Waals surface area contributed by atoms with Crippen molar-refractivity contribution in [1.82, 2.24) is 0 Å². The first kappa shape index (κ1) is 18.6. The largest absolute Gasteiger partial charge is 0.486 e. The number of benzene rings is 2. The summed E-state index contributed by atoms with van der Waals surface area (Å²) < 4.78 is 21.5. The van der Waals surface area contributed by atoms with E-state index >= 15 is 0 Å². The molecule has 0 spiro atoms. The van der Waals surface area contributed by atoms with E-state index < -0.39 is 12.1 Å². The SMILES string of the molecule is CCOC(=O)c1ccc(OC(C)C(=O)Nc2ccc3c(c2)OCCO3)cc1. The van der Waals surface area contributed by atoms with Crippen molar-refractivity contribution in [3.8, 4) is 17.2 Å². The third-order valence-electron chi connectivity index (χ3n) is 3.86. The van der Waals surface area contributed by atoms with E-state index in [1.54, 1.807) is 56.3 Å². The summed E-state index contributed by atoms with van der Waals surface area (Å²) >= 11 is 0. The molecule has 0 bridgehead atoms. The second-order valence-electron chi connectivity index (χ2n) is 5.85. The number of esters is 1. The summed E-state index contributed by atoms with van der Waals surface area (Å²) in [5, 5.41) is 2.78. The molecule has 1 unspecified atom stereocenters. The summed E-state index contributed by atoms with van der Waals surface area (Å²) in [6, 6.07) is 11.7. The Kier molecular flexibility index (Phi) is 5.80. The fraction of sp³-hybridized carbons (Fsp3) is 0.300. The summed E-state index contributed by atoms with van der Waals surface area (Å²) in [4.78, 5) is 24.0. The Hall–Kier alpha value is -3.22. The van der Waals surface area contributed by atoms with Crippen LogP contribution in [0.5, 0.6) is 17.2 Å². The van der Waals surface area contributed by atoms with E-state index in [4.69, 9.17) is 18.9 Å². The quantitative estimate of drug-likeness (QED) is 0.786. The molecule has 27 heavy (non-hydrogen) atoms. The smallest absolute Gasteiger partial charge is 0.338 e. The van der Waals surface area contributed by atoms with Gasteiger partial charge in [0, 0.05) is 11.8 Å². The summed E-state index contributed by atoms with van der Waals surface area (Å²) in [7, 11) is 0. The highest BCUT2D eigenvalue weighted by molar-refractivity contribution is 5.94. The molecule has 3 rings (SSSR count). The average molecular weight is 371 g/mol. The minimum atomic E-state index is -0.730. The van der Waals surface area contributed by atoms with Crippen molar-refractivity contribution in [3.63, 3.8) is 0 Å². The lowest BCUT2D eigenvalue weighted by Crippen LogP contribution is -2.30. The molecular weight excluding hydrogens is 350 g/mol. The molecule has 7 nitrogen and oxygen atoms in total. The molecular formula is C20H21NO6. The van der Waals surface area contributed by atoms with Crippen molar-refractivity contribution >= 4 is 17.6 Å². The summed E-state index contributed by atoms with van der Waals surface area (Å²) in [6.07, 6.45) is -0.730. The molecule has 1 aliphatic rings. The van der Waals surface area contributed by atoms with Crippen molar-refractivity contribution in [2.75, 3.05) is 25.1 Å². The van der Waals surface area contributed by atoms with E-state index in [-0.39, 0.29) is 5.91 Å². The Balaban J connectivity index is 1.58. The van der Waals surface area contributed by atoms with E-state index in [2.05, 4.69) is 5.32 Å². The molecule has 142 valence electrons.